The molecule has 1 heterocycles. The molecule has 2 aromatic rings. The zero-order valence-corrected chi connectivity index (χ0v) is 15.4. The normalized spacial score (nSPS) is 40.6. The zero-order chi connectivity index (χ0) is 17.4. The van der Waals surface area contributed by atoms with E-state index in [2.05, 4.69) is 36.4 Å². The smallest absolute Gasteiger partial charge is 0.164 e. The van der Waals surface area contributed by atoms with Gasteiger partial charge in [-0.1, -0.05) is 30.3 Å². The van der Waals surface area contributed by atoms with Crippen molar-refractivity contribution in [3.63, 3.8) is 0 Å². The van der Waals surface area contributed by atoms with Gasteiger partial charge in [0.2, 0.25) is 0 Å². The minimum atomic E-state index is -0.352. The third-order valence-electron chi connectivity index (χ3n) is 7.87. The molecule has 3 heteroatoms. The fraction of sp³-hybridized carbons (Fsp3) is 0.565. The molecule has 1 unspecified atom stereocenters. The van der Waals surface area contributed by atoms with E-state index < -0.39 is 0 Å². The van der Waals surface area contributed by atoms with Crippen LogP contribution in [0.1, 0.15) is 44.1 Å². The molecule has 7 rings (SSSR count). The van der Waals surface area contributed by atoms with Gasteiger partial charge in [0.05, 0.1) is 7.11 Å². The van der Waals surface area contributed by atoms with Gasteiger partial charge in [-0.2, -0.15) is 0 Å². The van der Waals surface area contributed by atoms with Crippen molar-refractivity contribution < 1.29 is 14.5 Å². The van der Waals surface area contributed by atoms with Crippen molar-refractivity contribution in [1.29, 1.82) is 0 Å². The highest BCUT2D eigenvalue weighted by Crippen LogP contribution is 2.69. The molecule has 1 aliphatic heterocycles. The summed E-state index contributed by atoms with van der Waals surface area (Å²) in [4.78, 5) is 11.6. The van der Waals surface area contributed by atoms with Crippen LogP contribution in [-0.4, -0.2) is 13.7 Å². The third kappa shape index (κ3) is 1.86. The van der Waals surface area contributed by atoms with Crippen molar-refractivity contribution in [3.05, 3.63) is 42.0 Å². The lowest BCUT2D eigenvalue weighted by Crippen LogP contribution is -2.63. The number of hydrogen-bond acceptors (Lipinski definition) is 3. The molecule has 5 aliphatic rings. The number of ether oxygens (including phenoxy) is 1. The summed E-state index contributed by atoms with van der Waals surface area (Å²) >= 11 is 0. The van der Waals surface area contributed by atoms with Gasteiger partial charge in [0, 0.05) is 11.0 Å². The van der Waals surface area contributed by atoms with Gasteiger partial charge in [-0.3, -0.25) is 0 Å². The standard InChI is InChI=1S/C23H26O3/c1-24-20-7-6-18-4-2-3-5-19(18)21(20)23(14-25-26-23)22-11-15-8-16(12-22)10-17(9-15)13-22/h2-7,15-17H,8-14H2,1H3. The SMILES string of the molecule is COc1ccc2ccccc2c1C1(C23CC4CC(CC(C4)C2)C3)COO1. The van der Waals surface area contributed by atoms with E-state index in [4.69, 9.17) is 14.5 Å². The Hall–Kier alpha value is -1.58. The van der Waals surface area contributed by atoms with Crippen molar-refractivity contribution in [2.24, 2.45) is 23.2 Å². The van der Waals surface area contributed by atoms with Crippen LogP contribution in [0.3, 0.4) is 0 Å². The van der Waals surface area contributed by atoms with Crippen LogP contribution in [0.5, 0.6) is 5.75 Å². The Bertz CT molecular complexity index is 832. The molecule has 5 fully saturated rings. The quantitative estimate of drug-likeness (QED) is 0.710. The molecule has 4 aliphatic carbocycles. The molecule has 26 heavy (non-hydrogen) atoms. The largest absolute Gasteiger partial charge is 0.496 e. The summed E-state index contributed by atoms with van der Waals surface area (Å²) in [5, 5.41) is 2.51. The lowest BCUT2D eigenvalue weighted by molar-refractivity contribution is -0.513. The second-order valence-corrected chi connectivity index (χ2v) is 9.23. The first-order chi connectivity index (χ1) is 12.7. The van der Waals surface area contributed by atoms with Crippen LogP contribution in [0.25, 0.3) is 10.8 Å². The lowest BCUT2D eigenvalue weighted by Gasteiger charge is -2.64. The highest BCUT2D eigenvalue weighted by Gasteiger charge is 2.66. The Kier molecular flexibility index (Phi) is 3.12. The minimum absolute atomic E-state index is 0.206. The maximum absolute atomic E-state index is 6.16. The van der Waals surface area contributed by atoms with E-state index in [1.165, 1.54) is 54.9 Å². The summed E-state index contributed by atoms with van der Waals surface area (Å²) in [5.74, 6) is 3.58. The zero-order valence-electron chi connectivity index (χ0n) is 15.4. The van der Waals surface area contributed by atoms with E-state index >= 15 is 0 Å². The van der Waals surface area contributed by atoms with Crippen molar-refractivity contribution in [2.75, 3.05) is 13.7 Å². The Morgan fingerprint density at radius 3 is 2.15 bits per heavy atom. The number of hydrogen-bond donors (Lipinski definition) is 0. The summed E-state index contributed by atoms with van der Waals surface area (Å²) in [6, 6.07) is 12.9. The number of rotatable bonds is 3. The van der Waals surface area contributed by atoms with Gasteiger partial charge >= 0.3 is 0 Å². The van der Waals surface area contributed by atoms with E-state index in [1.807, 2.05) is 0 Å². The van der Waals surface area contributed by atoms with Crippen LogP contribution in [-0.2, 0) is 15.4 Å². The van der Waals surface area contributed by atoms with E-state index in [1.54, 1.807) is 7.11 Å². The Labute approximate surface area is 154 Å². The van der Waals surface area contributed by atoms with Crippen LogP contribution in [0, 0.1) is 23.2 Å². The van der Waals surface area contributed by atoms with E-state index in [0.717, 1.165) is 23.5 Å². The molecular formula is C23H26O3. The van der Waals surface area contributed by atoms with Crippen LogP contribution in [0.4, 0.5) is 0 Å². The lowest BCUT2D eigenvalue weighted by atomic mass is 9.44. The highest BCUT2D eigenvalue weighted by atomic mass is 17.2. The molecule has 4 saturated carbocycles. The van der Waals surface area contributed by atoms with Gasteiger partial charge in [0.15, 0.2) is 5.60 Å². The predicted octanol–water partition coefficient (Wildman–Crippen LogP) is 5.22. The topological polar surface area (TPSA) is 27.7 Å². The average molecular weight is 350 g/mol. The highest BCUT2D eigenvalue weighted by molar-refractivity contribution is 5.89. The number of methoxy groups -OCH3 is 1. The first-order valence-electron chi connectivity index (χ1n) is 10.1. The summed E-state index contributed by atoms with van der Waals surface area (Å²) in [7, 11) is 1.78. The third-order valence-corrected chi connectivity index (χ3v) is 7.87. The molecule has 2 aromatic carbocycles. The van der Waals surface area contributed by atoms with Crippen LogP contribution >= 0.6 is 0 Å². The Morgan fingerprint density at radius 1 is 0.923 bits per heavy atom. The number of benzene rings is 2. The first-order valence-corrected chi connectivity index (χ1v) is 10.1. The molecule has 0 aromatic heterocycles. The summed E-state index contributed by atoms with van der Waals surface area (Å²) < 4.78 is 5.86. The molecule has 0 N–H and O–H groups in total. The maximum atomic E-state index is 6.16. The Balaban J connectivity index is 1.59. The number of fused-ring (bicyclic) bond motifs is 1. The van der Waals surface area contributed by atoms with Gasteiger partial charge < -0.3 is 4.74 Å². The maximum Gasteiger partial charge on any atom is 0.164 e. The average Bonchev–Trinajstić information content (AvgIpc) is 2.59. The molecule has 0 radical (unpaired) electrons. The van der Waals surface area contributed by atoms with Gasteiger partial charge in [0.1, 0.15) is 12.4 Å². The fourth-order valence-corrected chi connectivity index (χ4v) is 7.24. The minimum Gasteiger partial charge on any atom is -0.496 e. The van der Waals surface area contributed by atoms with Crippen LogP contribution in [0.15, 0.2) is 36.4 Å². The van der Waals surface area contributed by atoms with E-state index in [-0.39, 0.29) is 11.0 Å². The Morgan fingerprint density at radius 2 is 1.58 bits per heavy atom. The second kappa shape index (κ2) is 5.24. The first kappa shape index (κ1) is 15.5. The molecule has 3 nitrogen and oxygen atoms in total. The molecule has 0 spiro atoms. The van der Waals surface area contributed by atoms with Gasteiger partial charge in [-0.25, -0.2) is 9.78 Å². The molecule has 4 bridgehead atoms. The van der Waals surface area contributed by atoms with Crippen molar-refractivity contribution >= 4 is 10.8 Å². The molecular weight excluding hydrogens is 324 g/mol. The van der Waals surface area contributed by atoms with E-state index in [9.17, 15) is 0 Å². The monoisotopic (exact) mass is 350 g/mol. The van der Waals surface area contributed by atoms with Crippen LogP contribution < -0.4 is 4.74 Å². The van der Waals surface area contributed by atoms with Gasteiger partial charge in [-0.05, 0) is 73.1 Å². The van der Waals surface area contributed by atoms with Crippen molar-refractivity contribution in [3.8, 4) is 5.75 Å². The summed E-state index contributed by atoms with van der Waals surface area (Å²) in [6.45, 7) is 0.656. The summed E-state index contributed by atoms with van der Waals surface area (Å²) in [6.07, 6.45) is 8.16. The van der Waals surface area contributed by atoms with E-state index in [0.29, 0.717) is 6.61 Å². The predicted molar refractivity (Wildman–Crippen MR) is 99.8 cm³/mol. The molecule has 1 saturated heterocycles. The van der Waals surface area contributed by atoms with Gasteiger partial charge in [-0.15, -0.1) is 0 Å². The molecule has 0 amide bonds. The van der Waals surface area contributed by atoms with Crippen LogP contribution in [0.2, 0.25) is 0 Å². The summed E-state index contributed by atoms with van der Waals surface area (Å²) in [5.41, 5.74) is 1.08. The van der Waals surface area contributed by atoms with Crippen molar-refractivity contribution in [2.45, 2.75) is 44.1 Å². The second-order valence-electron chi connectivity index (χ2n) is 9.23. The van der Waals surface area contributed by atoms with Crippen molar-refractivity contribution in [1.82, 2.24) is 0 Å². The van der Waals surface area contributed by atoms with Gasteiger partial charge in [0.25, 0.3) is 0 Å². The molecule has 1 atom stereocenters. The molecule has 136 valence electrons. The fourth-order valence-electron chi connectivity index (χ4n) is 7.24.